The number of fused-ring (bicyclic) bond motifs is 1. The maximum Gasteiger partial charge on any atom is 0.263 e. The normalized spacial score (nSPS) is 11.3. The number of halogens is 1. The van der Waals surface area contributed by atoms with Gasteiger partial charge in [0.25, 0.3) is 5.91 Å². The minimum absolute atomic E-state index is 0.0772. The average molecular weight is 372 g/mol. The second-order valence-corrected chi connectivity index (χ2v) is 7.83. The van der Waals surface area contributed by atoms with Crippen molar-refractivity contribution in [3.8, 4) is 0 Å². The molecule has 0 saturated heterocycles. The van der Waals surface area contributed by atoms with Crippen molar-refractivity contribution >= 4 is 32.6 Å². The van der Waals surface area contributed by atoms with Crippen molar-refractivity contribution in [2.45, 2.75) is 13.8 Å². The molecule has 0 unspecified atom stereocenters. The summed E-state index contributed by atoms with van der Waals surface area (Å²) in [5, 5.41) is 0.614. The number of nitrogens with one attached hydrogen (secondary N) is 1. The van der Waals surface area contributed by atoms with Crippen LogP contribution in [-0.2, 0) is 0 Å². The molecular weight excluding hydrogens is 349 g/mol. The Morgan fingerprint density at radius 3 is 2.65 bits per heavy atom. The number of nitrogens with zero attached hydrogens (tertiary/aromatic N) is 2. The Bertz CT molecular complexity index is 951. The highest BCUT2D eigenvalue weighted by molar-refractivity contribution is 7.22. The highest BCUT2D eigenvalue weighted by Gasteiger charge is 2.24. The number of hydrogen-bond acceptors (Lipinski definition) is 3. The van der Waals surface area contributed by atoms with Crippen LogP contribution in [0.4, 0.5) is 9.52 Å². The molecule has 1 N–H and O–H groups in total. The topological polar surface area (TPSA) is 37.6 Å². The van der Waals surface area contributed by atoms with Crippen molar-refractivity contribution in [2.24, 2.45) is 0 Å². The number of aryl methyl sites for hydroxylation is 2. The zero-order chi connectivity index (χ0) is 18.8. The quantitative estimate of drug-likeness (QED) is 0.748. The predicted molar refractivity (Wildman–Crippen MR) is 105 cm³/mol. The van der Waals surface area contributed by atoms with Crippen molar-refractivity contribution in [3.05, 3.63) is 58.9 Å². The number of thiazole rings is 1. The molecule has 2 aromatic carbocycles. The van der Waals surface area contributed by atoms with Gasteiger partial charge in [0.15, 0.2) is 5.13 Å². The second-order valence-electron chi connectivity index (χ2n) is 6.82. The van der Waals surface area contributed by atoms with Gasteiger partial charge in [-0.25, -0.2) is 9.37 Å². The molecule has 3 rings (SSSR count). The molecular formula is C20H23FN3OS+. The molecule has 0 atom stereocenters. The standard InChI is InChI=1S/C20H22FN3OS/c1-13-11-14(2)18-17(12-13)26-20(22-18)24(10-9-23(3)4)19(25)15-7-5-6-8-16(15)21/h5-8,11-12H,9-10H2,1-4H3/p+1. The molecule has 1 heterocycles. The molecule has 3 aromatic rings. The number of hydrogen-bond donors (Lipinski definition) is 1. The first-order valence-electron chi connectivity index (χ1n) is 8.60. The van der Waals surface area contributed by atoms with E-state index in [2.05, 4.69) is 12.1 Å². The maximum absolute atomic E-state index is 14.2. The lowest BCUT2D eigenvalue weighted by Crippen LogP contribution is -3.06. The molecule has 0 saturated carbocycles. The van der Waals surface area contributed by atoms with Crippen LogP contribution in [0.15, 0.2) is 36.4 Å². The summed E-state index contributed by atoms with van der Waals surface area (Å²) in [5.41, 5.74) is 3.22. The number of amides is 1. The minimum Gasteiger partial charge on any atom is -0.338 e. The monoisotopic (exact) mass is 372 g/mol. The van der Waals surface area contributed by atoms with Gasteiger partial charge in [-0.1, -0.05) is 29.5 Å². The summed E-state index contributed by atoms with van der Waals surface area (Å²) in [5.74, 6) is -0.856. The van der Waals surface area contributed by atoms with Crippen LogP contribution in [-0.4, -0.2) is 38.1 Å². The van der Waals surface area contributed by atoms with Gasteiger partial charge < -0.3 is 4.90 Å². The largest absolute Gasteiger partial charge is 0.338 e. The van der Waals surface area contributed by atoms with Gasteiger partial charge in [0, 0.05) is 0 Å². The van der Waals surface area contributed by atoms with Crippen LogP contribution >= 0.6 is 11.3 Å². The fourth-order valence-corrected chi connectivity index (χ4v) is 4.04. The first kappa shape index (κ1) is 18.5. The van der Waals surface area contributed by atoms with Crippen LogP contribution in [0.1, 0.15) is 21.5 Å². The number of quaternary nitrogens is 1. The van der Waals surface area contributed by atoms with Gasteiger partial charge in [0.05, 0.1) is 43.0 Å². The molecule has 26 heavy (non-hydrogen) atoms. The van der Waals surface area contributed by atoms with Gasteiger partial charge >= 0.3 is 0 Å². The summed E-state index contributed by atoms with van der Waals surface area (Å²) in [4.78, 5) is 20.6. The van der Waals surface area contributed by atoms with Crippen molar-refractivity contribution < 1.29 is 14.1 Å². The Balaban J connectivity index is 2.05. The molecule has 0 aliphatic heterocycles. The minimum atomic E-state index is -0.507. The summed E-state index contributed by atoms with van der Waals surface area (Å²) >= 11 is 1.48. The number of benzene rings is 2. The van der Waals surface area contributed by atoms with Gasteiger partial charge in [0.2, 0.25) is 0 Å². The van der Waals surface area contributed by atoms with Gasteiger partial charge in [-0.3, -0.25) is 9.69 Å². The van der Waals surface area contributed by atoms with E-state index in [0.29, 0.717) is 11.7 Å². The lowest BCUT2D eigenvalue weighted by molar-refractivity contribution is -0.856. The lowest BCUT2D eigenvalue weighted by atomic mass is 10.1. The van der Waals surface area contributed by atoms with Crippen LogP contribution in [0.3, 0.4) is 0 Å². The van der Waals surface area contributed by atoms with Crippen molar-refractivity contribution in [3.63, 3.8) is 0 Å². The third-order valence-corrected chi connectivity index (χ3v) is 5.26. The van der Waals surface area contributed by atoms with E-state index < -0.39 is 5.82 Å². The number of aromatic nitrogens is 1. The van der Waals surface area contributed by atoms with Crippen molar-refractivity contribution in [2.75, 3.05) is 32.1 Å². The van der Waals surface area contributed by atoms with E-state index in [1.807, 2.05) is 27.9 Å². The van der Waals surface area contributed by atoms with E-state index in [1.54, 1.807) is 17.0 Å². The van der Waals surface area contributed by atoms with Gasteiger partial charge in [-0.2, -0.15) is 0 Å². The fraction of sp³-hybridized carbons (Fsp3) is 0.300. The first-order valence-corrected chi connectivity index (χ1v) is 9.41. The summed E-state index contributed by atoms with van der Waals surface area (Å²) < 4.78 is 15.2. The molecule has 0 fully saturated rings. The van der Waals surface area contributed by atoms with Crippen molar-refractivity contribution in [1.29, 1.82) is 0 Å². The van der Waals surface area contributed by atoms with Crippen LogP contribution in [0, 0.1) is 19.7 Å². The Hall–Kier alpha value is -2.31. The van der Waals surface area contributed by atoms with E-state index >= 15 is 0 Å². The molecule has 136 valence electrons. The van der Waals surface area contributed by atoms with Crippen LogP contribution in [0.2, 0.25) is 0 Å². The number of carbonyl (C=O) groups excluding carboxylic acids is 1. The van der Waals surface area contributed by atoms with Crippen LogP contribution in [0.5, 0.6) is 0 Å². The number of anilines is 1. The Kier molecular flexibility index (Phi) is 5.34. The number of likely N-dealkylation sites (N-methyl/N-ethyl adjacent to an activating group) is 1. The zero-order valence-corrected chi connectivity index (χ0v) is 16.3. The van der Waals surface area contributed by atoms with Gasteiger partial charge in [0.1, 0.15) is 5.82 Å². The highest BCUT2D eigenvalue weighted by atomic mass is 32.1. The Morgan fingerprint density at radius 2 is 1.96 bits per heavy atom. The molecule has 1 amide bonds. The third-order valence-electron chi connectivity index (χ3n) is 4.23. The molecule has 4 nitrogen and oxygen atoms in total. The maximum atomic E-state index is 14.2. The highest BCUT2D eigenvalue weighted by Crippen LogP contribution is 2.32. The zero-order valence-electron chi connectivity index (χ0n) is 15.5. The SMILES string of the molecule is Cc1cc(C)c2nc(N(CC[NH+](C)C)C(=O)c3ccccc3F)sc2c1. The van der Waals surface area contributed by atoms with E-state index in [4.69, 9.17) is 4.98 Å². The fourth-order valence-electron chi connectivity index (χ4n) is 2.87. The first-order chi connectivity index (χ1) is 12.4. The summed E-state index contributed by atoms with van der Waals surface area (Å²) in [6, 6.07) is 10.3. The third kappa shape index (κ3) is 3.76. The van der Waals surface area contributed by atoms with Gasteiger partial charge in [-0.15, -0.1) is 0 Å². The van der Waals surface area contributed by atoms with Crippen LogP contribution < -0.4 is 9.80 Å². The van der Waals surface area contributed by atoms with Gasteiger partial charge in [-0.05, 0) is 43.2 Å². The van der Waals surface area contributed by atoms with E-state index in [9.17, 15) is 9.18 Å². The lowest BCUT2D eigenvalue weighted by Gasteiger charge is -2.21. The molecule has 1 aromatic heterocycles. The smallest absolute Gasteiger partial charge is 0.263 e. The number of rotatable bonds is 5. The van der Waals surface area contributed by atoms with Crippen LogP contribution in [0.25, 0.3) is 10.2 Å². The van der Waals surface area contributed by atoms with E-state index in [0.717, 1.165) is 27.9 Å². The molecule has 0 radical (unpaired) electrons. The predicted octanol–water partition coefficient (Wildman–Crippen LogP) is 2.84. The van der Waals surface area contributed by atoms with E-state index in [-0.39, 0.29) is 11.5 Å². The summed E-state index contributed by atoms with van der Waals surface area (Å²) in [7, 11) is 4.05. The van der Waals surface area contributed by atoms with E-state index in [1.165, 1.54) is 28.4 Å². The summed E-state index contributed by atoms with van der Waals surface area (Å²) in [6.07, 6.45) is 0. The Morgan fingerprint density at radius 1 is 1.23 bits per heavy atom. The molecule has 0 aliphatic carbocycles. The molecule has 0 spiro atoms. The molecule has 6 heteroatoms. The molecule has 0 bridgehead atoms. The number of carbonyl (C=O) groups is 1. The average Bonchev–Trinajstić information content (AvgIpc) is 2.99. The van der Waals surface area contributed by atoms with Crippen molar-refractivity contribution in [1.82, 2.24) is 4.98 Å². The summed E-state index contributed by atoms with van der Waals surface area (Å²) in [6.45, 7) is 5.29. The second kappa shape index (κ2) is 7.51. The molecule has 0 aliphatic rings. The Labute approximate surface area is 156 Å².